The van der Waals surface area contributed by atoms with Gasteiger partial charge in [-0.05, 0) is 39.2 Å². The Kier molecular flexibility index (Phi) is 7.10. The van der Waals surface area contributed by atoms with Crippen LogP contribution in [0.2, 0.25) is 5.04 Å². The van der Waals surface area contributed by atoms with Crippen molar-refractivity contribution in [2.45, 2.75) is 32.4 Å². The van der Waals surface area contributed by atoms with E-state index >= 15 is 0 Å². The van der Waals surface area contributed by atoms with Crippen molar-refractivity contribution in [2.24, 2.45) is 0 Å². The molecule has 3 aromatic carbocycles. The number of halogens is 1. The Balaban J connectivity index is 2.14. The first-order chi connectivity index (χ1) is 14.5. The molecule has 0 atom stereocenters. The van der Waals surface area contributed by atoms with E-state index in [1.807, 2.05) is 54.6 Å². The largest absolute Gasteiger partial charge is 0.534 e. The van der Waals surface area contributed by atoms with Crippen molar-refractivity contribution in [3.63, 3.8) is 0 Å². The first kappa shape index (κ1) is 23.7. The van der Waals surface area contributed by atoms with Crippen LogP contribution in [0.4, 0.5) is 0 Å². The predicted octanol–water partition coefficient (Wildman–Crippen LogP) is 4.86. The van der Waals surface area contributed by atoms with Gasteiger partial charge in [-0.2, -0.15) is 8.42 Å². The molecule has 0 aliphatic heterocycles. The first-order valence-electron chi connectivity index (χ1n) is 9.96. The van der Waals surface area contributed by atoms with Gasteiger partial charge in [-0.3, -0.25) is 4.18 Å². The zero-order valence-electron chi connectivity index (χ0n) is 18.1. The fourth-order valence-electron chi connectivity index (χ4n) is 3.72. The monoisotopic (exact) mass is 518 g/mol. The molecule has 0 bridgehead atoms. The highest BCUT2D eigenvalue weighted by Crippen LogP contribution is 2.38. The summed E-state index contributed by atoms with van der Waals surface area (Å²) in [6, 6.07) is 26.4. The molecule has 0 unspecified atom stereocenters. The van der Waals surface area contributed by atoms with E-state index in [2.05, 4.69) is 61.0 Å². The van der Waals surface area contributed by atoms with E-state index in [-0.39, 0.29) is 11.6 Å². The Morgan fingerprint density at radius 2 is 1.39 bits per heavy atom. The SMILES string of the molecule is CC(C)(C)[Si](Oc1ccc(Br)c(COS(C)(=O)=O)c1)(c1ccccc1)c1ccccc1. The highest BCUT2D eigenvalue weighted by molar-refractivity contribution is 9.10. The van der Waals surface area contributed by atoms with E-state index in [1.165, 1.54) is 10.4 Å². The molecule has 7 heteroatoms. The third-order valence-corrected chi connectivity index (χ3v) is 11.4. The van der Waals surface area contributed by atoms with E-state index in [4.69, 9.17) is 8.61 Å². The number of benzene rings is 3. The number of hydrogen-bond donors (Lipinski definition) is 0. The van der Waals surface area contributed by atoms with Gasteiger partial charge in [-0.25, -0.2) is 0 Å². The highest BCUT2D eigenvalue weighted by Gasteiger charge is 2.52. The van der Waals surface area contributed by atoms with Gasteiger partial charge in [-0.15, -0.1) is 0 Å². The molecule has 0 amide bonds. The van der Waals surface area contributed by atoms with Crippen LogP contribution in [-0.2, 0) is 20.9 Å². The van der Waals surface area contributed by atoms with Crippen LogP contribution >= 0.6 is 15.9 Å². The minimum atomic E-state index is -3.55. The van der Waals surface area contributed by atoms with Crippen molar-refractivity contribution in [1.82, 2.24) is 0 Å². The highest BCUT2D eigenvalue weighted by atomic mass is 79.9. The van der Waals surface area contributed by atoms with Crippen molar-refractivity contribution >= 4 is 44.7 Å². The molecule has 31 heavy (non-hydrogen) atoms. The maximum Gasteiger partial charge on any atom is 0.319 e. The molecule has 0 N–H and O–H groups in total. The van der Waals surface area contributed by atoms with Crippen molar-refractivity contribution in [3.8, 4) is 5.75 Å². The molecule has 0 saturated heterocycles. The zero-order chi connectivity index (χ0) is 22.7. The average molecular weight is 520 g/mol. The maximum absolute atomic E-state index is 11.5. The molecule has 4 nitrogen and oxygen atoms in total. The summed E-state index contributed by atoms with van der Waals surface area (Å²) in [7, 11) is -6.31. The third kappa shape index (κ3) is 5.47. The standard InChI is InChI=1S/C24H27BrO4SSi/c1-24(2,3)31(21-11-7-5-8-12-21,22-13-9-6-10-14-22)29-20-15-16-23(25)19(17-20)18-28-30(4,26)27/h5-17H,18H2,1-4H3. The summed E-state index contributed by atoms with van der Waals surface area (Å²) in [5.41, 5.74) is 0.709. The molecular weight excluding hydrogens is 492 g/mol. The van der Waals surface area contributed by atoms with Gasteiger partial charge in [0.25, 0.3) is 10.1 Å². The molecular formula is C24H27BrO4SSi. The summed E-state index contributed by atoms with van der Waals surface area (Å²) < 4.78 is 35.7. The van der Waals surface area contributed by atoms with Crippen molar-refractivity contribution in [2.75, 3.05) is 6.26 Å². The molecule has 164 valence electrons. The molecule has 0 aliphatic carbocycles. The van der Waals surface area contributed by atoms with Crippen LogP contribution in [0.15, 0.2) is 83.3 Å². The van der Waals surface area contributed by atoms with E-state index in [0.717, 1.165) is 10.7 Å². The zero-order valence-corrected chi connectivity index (χ0v) is 21.5. The Hall–Kier alpha value is -1.93. The summed E-state index contributed by atoms with van der Waals surface area (Å²) in [6.45, 7) is 6.58. The summed E-state index contributed by atoms with van der Waals surface area (Å²) >= 11 is 3.49. The van der Waals surface area contributed by atoms with Gasteiger partial charge in [0.05, 0.1) is 12.9 Å². The lowest BCUT2D eigenvalue weighted by atomic mass is 10.2. The summed E-state index contributed by atoms with van der Waals surface area (Å²) in [5.74, 6) is 0.685. The van der Waals surface area contributed by atoms with Crippen LogP contribution < -0.4 is 14.8 Å². The second-order valence-corrected chi connectivity index (χ2v) is 15.2. The molecule has 0 saturated carbocycles. The normalized spacial score (nSPS) is 12.5. The number of rotatable bonds is 7. The van der Waals surface area contributed by atoms with Gasteiger partial charge in [-0.1, -0.05) is 97.4 Å². The minimum absolute atomic E-state index is 0.0582. The van der Waals surface area contributed by atoms with Crippen LogP contribution in [0.1, 0.15) is 26.3 Å². The predicted molar refractivity (Wildman–Crippen MR) is 132 cm³/mol. The van der Waals surface area contributed by atoms with E-state index in [9.17, 15) is 8.42 Å². The molecule has 0 radical (unpaired) electrons. The summed E-state index contributed by atoms with van der Waals surface area (Å²) in [5, 5.41) is 2.17. The fourth-order valence-corrected chi connectivity index (χ4v) is 8.84. The summed E-state index contributed by atoms with van der Waals surface area (Å²) in [4.78, 5) is 0. The topological polar surface area (TPSA) is 52.6 Å². The van der Waals surface area contributed by atoms with Gasteiger partial charge in [0.1, 0.15) is 5.75 Å². The van der Waals surface area contributed by atoms with Crippen LogP contribution in [0.5, 0.6) is 5.75 Å². The second-order valence-electron chi connectivity index (χ2n) is 8.48. The van der Waals surface area contributed by atoms with Gasteiger partial charge in [0, 0.05) is 4.47 Å². The molecule has 3 aromatic rings. The molecule has 3 rings (SSSR count). The first-order valence-corrected chi connectivity index (χ1v) is 14.5. The van der Waals surface area contributed by atoms with Crippen LogP contribution in [0.3, 0.4) is 0 Å². The fraction of sp³-hybridized carbons (Fsp3) is 0.250. The van der Waals surface area contributed by atoms with Crippen LogP contribution in [0, 0.1) is 0 Å². The Labute approximate surface area is 194 Å². The summed E-state index contributed by atoms with van der Waals surface area (Å²) in [6.07, 6.45) is 1.05. The van der Waals surface area contributed by atoms with Gasteiger partial charge in [0.2, 0.25) is 0 Å². The van der Waals surface area contributed by atoms with E-state index < -0.39 is 18.4 Å². The van der Waals surface area contributed by atoms with E-state index in [0.29, 0.717) is 11.3 Å². The molecule has 0 heterocycles. The number of hydrogen-bond acceptors (Lipinski definition) is 4. The van der Waals surface area contributed by atoms with Crippen molar-refractivity contribution in [3.05, 3.63) is 88.9 Å². The van der Waals surface area contributed by atoms with Crippen molar-refractivity contribution in [1.29, 1.82) is 0 Å². The molecule has 0 aromatic heterocycles. The van der Waals surface area contributed by atoms with Crippen LogP contribution in [0.25, 0.3) is 0 Å². The van der Waals surface area contributed by atoms with Gasteiger partial charge < -0.3 is 4.43 Å². The van der Waals surface area contributed by atoms with Crippen molar-refractivity contribution < 1.29 is 17.0 Å². The molecule has 0 spiro atoms. The lowest BCUT2D eigenvalue weighted by molar-refractivity contribution is 0.310. The Morgan fingerprint density at radius 3 is 1.84 bits per heavy atom. The average Bonchev–Trinajstić information content (AvgIpc) is 2.72. The van der Waals surface area contributed by atoms with Gasteiger partial charge in [0.15, 0.2) is 0 Å². The molecule has 0 aliphatic rings. The maximum atomic E-state index is 11.5. The Bertz CT molecular complexity index is 1090. The third-order valence-electron chi connectivity index (χ3n) is 5.13. The Morgan fingerprint density at radius 1 is 0.871 bits per heavy atom. The quantitative estimate of drug-likeness (QED) is 0.331. The smallest absolute Gasteiger partial charge is 0.319 e. The van der Waals surface area contributed by atoms with Crippen LogP contribution in [-0.4, -0.2) is 23.0 Å². The second kappa shape index (κ2) is 9.28. The van der Waals surface area contributed by atoms with Gasteiger partial charge >= 0.3 is 8.32 Å². The lowest BCUT2D eigenvalue weighted by Crippen LogP contribution is -2.68. The lowest BCUT2D eigenvalue weighted by Gasteiger charge is -2.43. The minimum Gasteiger partial charge on any atom is -0.534 e. The molecule has 0 fully saturated rings. The van der Waals surface area contributed by atoms with E-state index in [1.54, 1.807) is 0 Å².